The maximum atomic E-state index is 12.4. The Bertz CT molecular complexity index is 516. The van der Waals surface area contributed by atoms with Gasteiger partial charge < -0.3 is 10.6 Å². The molecule has 0 saturated carbocycles. The van der Waals surface area contributed by atoms with Crippen molar-refractivity contribution in [1.82, 2.24) is 4.90 Å². The van der Waals surface area contributed by atoms with Crippen molar-refractivity contribution in [2.45, 2.75) is 51.0 Å². The Kier molecular flexibility index (Phi) is 7.43. The van der Waals surface area contributed by atoms with E-state index in [4.69, 9.17) is 5.73 Å². The van der Waals surface area contributed by atoms with Gasteiger partial charge in [0.1, 0.15) is 0 Å². The molecule has 1 aromatic rings. The molecule has 1 amide bonds. The summed E-state index contributed by atoms with van der Waals surface area (Å²) in [5, 5.41) is 0. The number of nitrogens with zero attached hydrogens (tertiary/aromatic N) is 1. The van der Waals surface area contributed by atoms with Crippen LogP contribution in [-0.4, -0.2) is 35.7 Å². The molecule has 3 nitrogen and oxygen atoms in total. The van der Waals surface area contributed by atoms with Crippen LogP contribution in [0.2, 0.25) is 0 Å². The fourth-order valence-electron chi connectivity index (χ4n) is 2.77. The first-order valence-electron chi connectivity index (χ1n) is 8.06. The van der Waals surface area contributed by atoms with Gasteiger partial charge in [0.2, 0.25) is 5.91 Å². The minimum atomic E-state index is 0. The summed E-state index contributed by atoms with van der Waals surface area (Å²) < 4.78 is 0. The zero-order valence-electron chi connectivity index (χ0n) is 14.5. The molecule has 0 aromatic heterocycles. The molecule has 1 aliphatic heterocycles. The molecular formula is C18H29ClN2OS. The lowest BCUT2D eigenvalue weighted by Gasteiger charge is -2.42. The lowest BCUT2D eigenvalue weighted by Crippen LogP contribution is -2.54. The quantitative estimate of drug-likeness (QED) is 0.832. The van der Waals surface area contributed by atoms with Gasteiger partial charge in [-0.3, -0.25) is 4.79 Å². The molecule has 0 aliphatic carbocycles. The Balaban J connectivity index is 0.00000264. The van der Waals surface area contributed by atoms with Crippen molar-refractivity contribution in [2.75, 3.05) is 18.8 Å². The molecule has 2 N–H and O–H groups in total. The van der Waals surface area contributed by atoms with Crippen LogP contribution < -0.4 is 5.73 Å². The first kappa shape index (κ1) is 20.3. The Hall–Kier alpha value is -0.710. The maximum absolute atomic E-state index is 12.4. The summed E-state index contributed by atoms with van der Waals surface area (Å²) in [5.74, 6) is 1.27. The zero-order valence-corrected chi connectivity index (χ0v) is 16.2. The summed E-state index contributed by atoms with van der Waals surface area (Å²) >= 11 is 1.62. The number of likely N-dealkylation sites (tertiary alicyclic amines) is 1. The molecule has 1 heterocycles. The third-order valence-corrected chi connectivity index (χ3v) is 5.57. The number of carbonyl (C=O) groups is 1. The Labute approximate surface area is 150 Å². The highest BCUT2D eigenvalue weighted by atomic mass is 35.5. The maximum Gasteiger partial charge on any atom is 0.232 e. The lowest BCUT2D eigenvalue weighted by molar-refractivity contribution is -0.131. The largest absolute Gasteiger partial charge is 0.341 e. The first-order valence-corrected chi connectivity index (χ1v) is 9.04. The van der Waals surface area contributed by atoms with Crippen molar-refractivity contribution < 1.29 is 4.79 Å². The minimum absolute atomic E-state index is 0. The van der Waals surface area contributed by atoms with Gasteiger partial charge in [-0.15, -0.1) is 24.2 Å². The van der Waals surface area contributed by atoms with E-state index in [0.29, 0.717) is 11.7 Å². The van der Waals surface area contributed by atoms with Crippen molar-refractivity contribution in [3.05, 3.63) is 29.8 Å². The zero-order chi connectivity index (χ0) is 16.3. The molecule has 0 bridgehead atoms. The van der Waals surface area contributed by atoms with E-state index < -0.39 is 0 Å². The molecule has 23 heavy (non-hydrogen) atoms. The molecule has 5 heteroatoms. The van der Waals surface area contributed by atoms with E-state index in [1.807, 2.05) is 4.90 Å². The molecule has 1 unspecified atom stereocenters. The summed E-state index contributed by atoms with van der Waals surface area (Å²) in [6.07, 6.45) is 0.895. The number of halogens is 1. The van der Waals surface area contributed by atoms with E-state index in [9.17, 15) is 4.79 Å². The number of carbonyl (C=O) groups excluding carboxylic acids is 1. The van der Waals surface area contributed by atoms with Crippen LogP contribution >= 0.6 is 24.2 Å². The van der Waals surface area contributed by atoms with Gasteiger partial charge in [-0.2, -0.15) is 0 Å². The molecule has 0 radical (unpaired) electrons. The first-order chi connectivity index (χ1) is 10.3. The predicted molar refractivity (Wildman–Crippen MR) is 101 cm³/mol. The van der Waals surface area contributed by atoms with Crippen molar-refractivity contribution in [2.24, 2.45) is 11.1 Å². The van der Waals surface area contributed by atoms with E-state index in [0.717, 1.165) is 24.4 Å². The van der Waals surface area contributed by atoms with Gasteiger partial charge in [0.05, 0.1) is 5.75 Å². The lowest BCUT2D eigenvalue weighted by atomic mass is 9.80. The molecule has 1 aromatic carbocycles. The molecule has 2 rings (SSSR count). The van der Waals surface area contributed by atoms with Crippen molar-refractivity contribution in [3.63, 3.8) is 0 Å². The summed E-state index contributed by atoms with van der Waals surface area (Å²) in [7, 11) is 0. The van der Waals surface area contributed by atoms with E-state index in [-0.39, 0.29) is 29.8 Å². The summed E-state index contributed by atoms with van der Waals surface area (Å²) in [6.45, 7) is 10.2. The average Bonchev–Trinajstić information content (AvgIpc) is 2.48. The van der Waals surface area contributed by atoms with Crippen LogP contribution in [0.25, 0.3) is 0 Å². The van der Waals surface area contributed by atoms with Crippen LogP contribution in [0, 0.1) is 5.41 Å². The molecule has 130 valence electrons. The van der Waals surface area contributed by atoms with Crippen molar-refractivity contribution in [1.29, 1.82) is 0 Å². The van der Waals surface area contributed by atoms with E-state index in [1.165, 1.54) is 5.56 Å². The van der Waals surface area contributed by atoms with Crippen LogP contribution in [0.1, 0.15) is 45.6 Å². The topological polar surface area (TPSA) is 46.3 Å². The standard InChI is InChI=1S/C18H28N2OS.ClH/c1-13(2)14-5-7-15(8-6-14)22-11-17(21)20-10-9-16(19)18(3,4)12-20;/h5-8,13,16H,9-12,19H2,1-4H3;1H. The van der Waals surface area contributed by atoms with Crippen LogP contribution in [-0.2, 0) is 4.79 Å². The fraction of sp³-hybridized carbons (Fsp3) is 0.611. The Morgan fingerprint density at radius 2 is 1.96 bits per heavy atom. The van der Waals surface area contributed by atoms with Crippen LogP contribution in [0.4, 0.5) is 0 Å². The van der Waals surface area contributed by atoms with E-state index in [1.54, 1.807) is 11.8 Å². The van der Waals surface area contributed by atoms with Gasteiger partial charge in [-0.1, -0.05) is 39.8 Å². The molecule has 1 fully saturated rings. The van der Waals surface area contributed by atoms with Crippen molar-refractivity contribution >= 4 is 30.1 Å². The van der Waals surface area contributed by atoms with Crippen LogP contribution in [0.15, 0.2) is 29.2 Å². The highest BCUT2D eigenvalue weighted by Gasteiger charge is 2.35. The van der Waals surface area contributed by atoms with Gasteiger partial charge >= 0.3 is 0 Å². The molecule has 0 spiro atoms. The van der Waals surface area contributed by atoms with Gasteiger partial charge in [0.15, 0.2) is 0 Å². The van der Waals surface area contributed by atoms with Gasteiger partial charge in [-0.05, 0) is 35.4 Å². The Morgan fingerprint density at radius 3 is 2.48 bits per heavy atom. The SMILES string of the molecule is CC(C)c1ccc(SCC(=O)N2CCC(N)C(C)(C)C2)cc1.Cl. The molecule has 1 atom stereocenters. The predicted octanol–water partition coefficient (Wildman–Crippen LogP) is 3.91. The number of nitrogens with two attached hydrogens (primary N) is 1. The van der Waals surface area contributed by atoms with Crippen LogP contribution in [0.3, 0.4) is 0 Å². The van der Waals surface area contributed by atoms with E-state index in [2.05, 4.69) is 52.0 Å². The number of thioether (sulfide) groups is 1. The highest BCUT2D eigenvalue weighted by Crippen LogP contribution is 2.29. The van der Waals surface area contributed by atoms with E-state index >= 15 is 0 Å². The number of piperidine rings is 1. The number of hydrogen-bond acceptors (Lipinski definition) is 3. The second kappa shape index (κ2) is 8.41. The fourth-order valence-corrected chi connectivity index (χ4v) is 3.57. The second-order valence-electron chi connectivity index (χ2n) is 7.21. The van der Waals surface area contributed by atoms with Gasteiger partial charge in [0, 0.05) is 24.0 Å². The number of rotatable bonds is 4. The monoisotopic (exact) mass is 356 g/mol. The third-order valence-electron chi connectivity index (χ3n) is 4.57. The summed E-state index contributed by atoms with van der Waals surface area (Å²) in [6, 6.07) is 8.72. The molecule has 1 aliphatic rings. The second-order valence-corrected chi connectivity index (χ2v) is 8.26. The van der Waals surface area contributed by atoms with Crippen LogP contribution in [0.5, 0.6) is 0 Å². The third kappa shape index (κ3) is 5.40. The smallest absolute Gasteiger partial charge is 0.232 e. The highest BCUT2D eigenvalue weighted by molar-refractivity contribution is 8.00. The molecule has 1 saturated heterocycles. The van der Waals surface area contributed by atoms with Gasteiger partial charge in [-0.25, -0.2) is 0 Å². The Morgan fingerprint density at radius 1 is 1.35 bits per heavy atom. The average molecular weight is 357 g/mol. The molecular weight excluding hydrogens is 328 g/mol. The summed E-state index contributed by atoms with van der Waals surface area (Å²) in [4.78, 5) is 15.5. The normalized spacial score (nSPS) is 20.3. The van der Waals surface area contributed by atoms with Crippen molar-refractivity contribution in [3.8, 4) is 0 Å². The number of benzene rings is 1. The summed E-state index contributed by atoms with van der Waals surface area (Å²) in [5.41, 5.74) is 7.48. The number of hydrogen-bond donors (Lipinski definition) is 1. The van der Waals surface area contributed by atoms with Gasteiger partial charge in [0.25, 0.3) is 0 Å². The number of amides is 1. The minimum Gasteiger partial charge on any atom is -0.341 e.